The number of carboxylic acids is 1. The molecule has 5 nitrogen and oxygen atoms in total. The van der Waals surface area contributed by atoms with Crippen molar-refractivity contribution in [3.63, 3.8) is 0 Å². The average Bonchev–Trinajstić information content (AvgIpc) is 3.14. The van der Waals surface area contributed by atoms with Crippen LogP contribution in [0.4, 0.5) is 0 Å². The van der Waals surface area contributed by atoms with Gasteiger partial charge in [-0.1, -0.05) is 12.1 Å². The molecule has 18 heavy (non-hydrogen) atoms. The molecule has 0 bridgehead atoms. The summed E-state index contributed by atoms with van der Waals surface area (Å²) in [6.07, 6.45) is 1.63. The van der Waals surface area contributed by atoms with Gasteiger partial charge in [-0.3, -0.25) is 4.79 Å². The lowest BCUT2D eigenvalue weighted by Gasteiger charge is -2.26. The number of benzene rings is 1. The first-order valence-corrected chi connectivity index (χ1v) is 5.86. The molecule has 1 aromatic rings. The molecule has 96 valence electrons. The molecule has 1 amide bonds. The van der Waals surface area contributed by atoms with Crippen LogP contribution in [0.5, 0.6) is 5.75 Å². The molecule has 0 spiro atoms. The van der Waals surface area contributed by atoms with E-state index in [-0.39, 0.29) is 17.4 Å². The second-order valence-electron chi connectivity index (χ2n) is 4.47. The maximum atomic E-state index is 12.3. The molecule has 1 fully saturated rings. The lowest BCUT2D eigenvalue weighted by Crippen LogP contribution is -2.44. The van der Waals surface area contributed by atoms with Crippen LogP contribution in [0, 0.1) is 0 Å². The van der Waals surface area contributed by atoms with Crippen molar-refractivity contribution in [2.75, 3.05) is 0 Å². The van der Waals surface area contributed by atoms with Crippen LogP contribution in [0.1, 0.15) is 30.1 Å². The van der Waals surface area contributed by atoms with Gasteiger partial charge in [0.05, 0.1) is 5.56 Å². The van der Waals surface area contributed by atoms with Crippen LogP contribution in [0.25, 0.3) is 0 Å². The number of phenols is 1. The van der Waals surface area contributed by atoms with Gasteiger partial charge >= 0.3 is 5.97 Å². The molecule has 1 saturated carbocycles. The van der Waals surface area contributed by atoms with E-state index in [9.17, 15) is 14.7 Å². The summed E-state index contributed by atoms with van der Waals surface area (Å²) in [7, 11) is 0. The third kappa shape index (κ3) is 2.30. The van der Waals surface area contributed by atoms with E-state index in [2.05, 4.69) is 0 Å². The summed E-state index contributed by atoms with van der Waals surface area (Å²) in [6, 6.07) is 5.27. The summed E-state index contributed by atoms with van der Waals surface area (Å²) in [5.41, 5.74) is 0.150. The zero-order valence-electron chi connectivity index (χ0n) is 10.0. The van der Waals surface area contributed by atoms with Crippen LogP contribution in [0.15, 0.2) is 24.3 Å². The molecule has 1 atom stereocenters. The molecule has 0 radical (unpaired) electrons. The van der Waals surface area contributed by atoms with Crippen molar-refractivity contribution in [2.24, 2.45) is 0 Å². The molecule has 0 aromatic heterocycles. The van der Waals surface area contributed by atoms with Crippen molar-refractivity contribution >= 4 is 11.9 Å². The fourth-order valence-corrected chi connectivity index (χ4v) is 1.92. The first kappa shape index (κ1) is 12.4. The highest BCUT2D eigenvalue weighted by Crippen LogP contribution is 2.31. The van der Waals surface area contributed by atoms with Crippen molar-refractivity contribution < 1.29 is 19.8 Å². The van der Waals surface area contributed by atoms with E-state index in [0.29, 0.717) is 0 Å². The fourth-order valence-electron chi connectivity index (χ4n) is 1.92. The Labute approximate surface area is 105 Å². The molecule has 1 aromatic carbocycles. The molecule has 0 aliphatic heterocycles. The predicted octanol–water partition coefficient (Wildman–Crippen LogP) is 1.47. The average molecular weight is 249 g/mol. The number of hydrogen-bond acceptors (Lipinski definition) is 3. The zero-order chi connectivity index (χ0) is 13.3. The van der Waals surface area contributed by atoms with Gasteiger partial charge in [0.15, 0.2) is 0 Å². The summed E-state index contributed by atoms with van der Waals surface area (Å²) in [5.74, 6) is -1.58. The molecule has 2 N–H and O–H groups in total. The predicted molar refractivity (Wildman–Crippen MR) is 64.4 cm³/mol. The molecule has 1 aliphatic carbocycles. The largest absolute Gasteiger partial charge is 0.507 e. The van der Waals surface area contributed by atoms with E-state index < -0.39 is 17.9 Å². The third-order valence-electron chi connectivity index (χ3n) is 3.08. The minimum absolute atomic E-state index is 0.0248. The number of carbonyl (C=O) groups is 2. The number of aromatic hydroxyl groups is 1. The first-order valence-electron chi connectivity index (χ1n) is 5.86. The Morgan fingerprint density at radius 1 is 1.33 bits per heavy atom. The minimum atomic E-state index is -1.04. The molecule has 1 unspecified atom stereocenters. The summed E-state index contributed by atoms with van der Waals surface area (Å²) in [5, 5.41) is 18.7. The molecule has 0 saturated heterocycles. The number of amides is 1. The van der Waals surface area contributed by atoms with E-state index in [1.54, 1.807) is 12.1 Å². The molecule has 1 aliphatic rings. The fraction of sp³-hybridized carbons (Fsp3) is 0.385. The van der Waals surface area contributed by atoms with E-state index in [0.717, 1.165) is 12.8 Å². The van der Waals surface area contributed by atoms with Crippen molar-refractivity contribution in [3.05, 3.63) is 29.8 Å². The Morgan fingerprint density at radius 3 is 2.44 bits per heavy atom. The van der Waals surface area contributed by atoms with Gasteiger partial charge in [0.25, 0.3) is 5.91 Å². The molecule has 0 heterocycles. The number of hydrogen-bond donors (Lipinski definition) is 2. The van der Waals surface area contributed by atoms with Gasteiger partial charge in [-0.15, -0.1) is 0 Å². The van der Waals surface area contributed by atoms with E-state index in [1.165, 1.54) is 24.0 Å². The summed E-state index contributed by atoms with van der Waals surface area (Å²) in [6.45, 7) is 1.48. The normalized spacial score (nSPS) is 16.1. The minimum Gasteiger partial charge on any atom is -0.507 e. The van der Waals surface area contributed by atoms with Crippen LogP contribution < -0.4 is 0 Å². The van der Waals surface area contributed by atoms with Crippen LogP contribution in [-0.4, -0.2) is 39.1 Å². The van der Waals surface area contributed by atoms with Gasteiger partial charge in [-0.2, -0.15) is 0 Å². The second kappa shape index (κ2) is 4.68. The third-order valence-corrected chi connectivity index (χ3v) is 3.08. The second-order valence-corrected chi connectivity index (χ2v) is 4.47. The highest BCUT2D eigenvalue weighted by Gasteiger charge is 2.39. The van der Waals surface area contributed by atoms with Gasteiger partial charge < -0.3 is 15.1 Å². The Bertz CT molecular complexity index is 482. The number of phenolic OH excluding ortho intramolecular Hbond substituents is 1. The highest BCUT2D eigenvalue weighted by atomic mass is 16.4. The van der Waals surface area contributed by atoms with Crippen molar-refractivity contribution in [2.45, 2.75) is 31.8 Å². The SMILES string of the molecule is CC(C(=O)O)N(C(=O)c1ccccc1O)C1CC1. The van der Waals surface area contributed by atoms with E-state index in [1.807, 2.05) is 0 Å². The Balaban J connectivity index is 2.29. The van der Waals surface area contributed by atoms with Gasteiger partial charge in [0.2, 0.25) is 0 Å². The van der Waals surface area contributed by atoms with Crippen molar-refractivity contribution in [1.29, 1.82) is 0 Å². The van der Waals surface area contributed by atoms with Crippen LogP contribution in [0.2, 0.25) is 0 Å². The smallest absolute Gasteiger partial charge is 0.326 e. The standard InChI is InChI=1S/C13H15NO4/c1-8(13(17)18)14(9-6-7-9)12(16)10-4-2-3-5-11(10)15/h2-5,8-9,15H,6-7H2,1H3,(H,17,18). The number of carbonyl (C=O) groups excluding carboxylic acids is 1. The quantitative estimate of drug-likeness (QED) is 0.847. The Kier molecular flexibility index (Phi) is 3.23. The lowest BCUT2D eigenvalue weighted by atomic mass is 10.1. The monoisotopic (exact) mass is 249 g/mol. The Hall–Kier alpha value is -2.04. The van der Waals surface area contributed by atoms with Gasteiger partial charge in [-0.25, -0.2) is 4.79 Å². The summed E-state index contributed by atoms with van der Waals surface area (Å²) < 4.78 is 0. The first-order chi connectivity index (χ1) is 8.52. The topological polar surface area (TPSA) is 77.8 Å². The van der Waals surface area contributed by atoms with Crippen LogP contribution in [-0.2, 0) is 4.79 Å². The lowest BCUT2D eigenvalue weighted by molar-refractivity contribution is -0.141. The number of rotatable bonds is 4. The van der Waals surface area contributed by atoms with Crippen molar-refractivity contribution in [1.82, 2.24) is 4.90 Å². The number of para-hydroxylation sites is 1. The molecule has 5 heteroatoms. The number of aliphatic carboxylic acids is 1. The van der Waals surface area contributed by atoms with Crippen LogP contribution >= 0.6 is 0 Å². The summed E-state index contributed by atoms with van der Waals surface area (Å²) >= 11 is 0. The van der Waals surface area contributed by atoms with Gasteiger partial charge in [-0.05, 0) is 31.9 Å². The molecular formula is C13H15NO4. The van der Waals surface area contributed by atoms with E-state index >= 15 is 0 Å². The highest BCUT2D eigenvalue weighted by molar-refractivity contribution is 5.99. The number of carboxylic acid groups (broad SMARTS) is 1. The van der Waals surface area contributed by atoms with Crippen molar-refractivity contribution in [3.8, 4) is 5.75 Å². The van der Waals surface area contributed by atoms with Gasteiger partial charge in [0.1, 0.15) is 11.8 Å². The summed E-state index contributed by atoms with van der Waals surface area (Å²) in [4.78, 5) is 24.7. The molecule has 2 rings (SSSR count). The Morgan fingerprint density at radius 2 is 1.94 bits per heavy atom. The maximum absolute atomic E-state index is 12.3. The zero-order valence-corrected chi connectivity index (χ0v) is 10.0. The molecular weight excluding hydrogens is 234 g/mol. The van der Waals surface area contributed by atoms with Gasteiger partial charge in [0, 0.05) is 6.04 Å². The van der Waals surface area contributed by atoms with E-state index in [4.69, 9.17) is 5.11 Å². The van der Waals surface area contributed by atoms with Crippen LogP contribution in [0.3, 0.4) is 0 Å². The number of nitrogens with zero attached hydrogens (tertiary/aromatic N) is 1. The maximum Gasteiger partial charge on any atom is 0.326 e.